The van der Waals surface area contributed by atoms with Crippen LogP contribution in [0, 0.1) is 10.1 Å². The van der Waals surface area contributed by atoms with Gasteiger partial charge >= 0.3 is 0 Å². The second-order valence-electron chi connectivity index (χ2n) is 24.5. The number of ether oxygens (including phenoxy) is 3. The van der Waals surface area contributed by atoms with Gasteiger partial charge in [-0.3, -0.25) is 96.8 Å². The number of hydrogen-bond donors (Lipinski definition) is 8. The van der Waals surface area contributed by atoms with Crippen molar-refractivity contribution in [3.8, 4) is 17.2 Å². The van der Waals surface area contributed by atoms with E-state index < -0.39 is 97.5 Å². The minimum atomic E-state index is -0.689. The van der Waals surface area contributed by atoms with Crippen molar-refractivity contribution in [1.82, 2.24) is 9.97 Å². The van der Waals surface area contributed by atoms with Crippen LogP contribution in [-0.2, 0) is 0 Å². The highest BCUT2D eigenvalue weighted by Gasteiger charge is 2.42. The Morgan fingerprint density at radius 1 is 0.356 bits per heavy atom. The predicted molar refractivity (Wildman–Crippen MR) is 413 cm³/mol. The lowest BCUT2D eigenvalue weighted by Gasteiger charge is -2.12. The van der Waals surface area contributed by atoms with E-state index in [1.54, 1.807) is 60.7 Å². The normalized spacial score (nSPS) is 16.8. The largest absolute Gasteiger partial charge is 0.515 e. The third kappa shape index (κ3) is 16.0. The SMILES string of the molecule is CN(C)c1ccc2c(c1)C(=O)C(=CO)C2=O.COc1ccc2c(c1)C(=O)C(=CO)C2=O.COc1ccc2c(c1OC)C(=O)C(=CO)C2=O.O=C1C(=CO)C(=O)c2c(Cl)cc(Cl)cc21.O=C1C(=CO)C(=O)c2cc([N+](=O)[O-])ccc21.O=C1C(=CO)C(=O)c2ccccc21.O=C1C(=CO)C(=O)c2cnccc21.O=C1C(=CO)C(=O)c2ncccc21. The Bertz CT molecular complexity index is 5820. The zero-order chi connectivity index (χ0) is 86.7. The number of ketones is 16. The van der Waals surface area contributed by atoms with Crippen molar-refractivity contribution in [3.63, 3.8) is 0 Å². The van der Waals surface area contributed by atoms with Crippen molar-refractivity contribution in [1.29, 1.82) is 0 Å². The minimum Gasteiger partial charge on any atom is -0.515 e. The number of halogens is 2. The number of fused-ring (bicyclic) bond motifs is 8. The van der Waals surface area contributed by atoms with Gasteiger partial charge in [0.1, 0.15) is 56.0 Å². The standard InChI is InChI=1S/C12H11NO3.C12H10O5.C11H8O4.C10H4Cl2O3.C10H5NO5.C10H6O3.2C9H5NO3/c1-13(2)7-3-4-8-9(5-7)12(16)10(6-14)11(8)15;1-16-8-4-3-6-9(12(8)17-2)11(15)7(5-13)10(6)14;1-15-6-2-3-7-8(4-6)11(14)9(5-12)10(7)13;11-4-1-5-8(7(12)2-4)10(15)6(3-13)9(5)14;12-4-8-9(13)6-2-1-5(11(15)16)3-7(6)10(8)14;11-5-8-9(12)6-3-1-2-4-7(6)10(8)13;11-4-7-8(12)5-1-2-10-3-6(5)9(7)13;11-4-6-8(12)5-2-1-3-10-7(5)9(6)13/h3-6,14H,1-2H3;3-5,13H,1-2H3;2-5,12H,1H3;1-3,13H;1-4,12H;1-5,11H;2*1-4,11H. The molecule has 8 N–H and O–H groups in total. The predicted octanol–water partition coefficient (Wildman–Crippen LogP) is 12.2. The summed E-state index contributed by atoms with van der Waals surface area (Å²) in [5, 5.41) is 80.8. The number of benzene rings is 6. The molecule has 0 atom stereocenters. The number of anilines is 1. The molecule has 0 saturated heterocycles. The monoisotopic (exact) mass is 1640 g/mol. The van der Waals surface area contributed by atoms with Crippen molar-refractivity contribution in [2.45, 2.75) is 0 Å². The van der Waals surface area contributed by atoms with Gasteiger partial charge in [-0.25, -0.2) is 0 Å². The number of nitro groups is 1. The Morgan fingerprint density at radius 2 is 0.737 bits per heavy atom. The molecule has 0 aliphatic heterocycles. The van der Waals surface area contributed by atoms with E-state index in [0.717, 1.165) is 17.8 Å². The highest BCUT2D eigenvalue weighted by molar-refractivity contribution is 6.47. The summed E-state index contributed by atoms with van der Waals surface area (Å²) in [7, 11) is 8.01. The van der Waals surface area contributed by atoms with Crippen molar-refractivity contribution < 1.29 is 137 Å². The van der Waals surface area contributed by atoms with E-state index in [1.807, 2.05) is 19.0 Å². The van der Waals surface area contributed by atoms with Crippen LogP contribution in [0.25, 0.3) is 0 Å². The molecule has 2 aromatic heterocycles. The molecule has 16 rings (SSSR count). The van der Waals surface area contributed by atoms with E-state index in [2.05, 4.69) is 9.97 Å². The van der Waals surface area contributed by atoms with Crippen LogP contribution in [0.4, 0.5) is 11.4 Å². The van der Waals surface area contributed by atoms with Crippen LogP contribution in [0.5, 0.6) is 17.2 Å². The summed E-state index contributed by atoms with van der Waals surface area (Å²) in [5.74, 6) is -6.80. The first-order valence-corrected chi connectivity index (χ1v) is 34.0. The number of pyridine rings is 2. The van der Waals surface area contributed by atoms with Crippen LogP contribution in [0.15, 0.2) is 235 Å². The first-order chi connectivity index (χ1) is 56.3. The Balaban J connectivity index is 0.000000154. The fourth-order valence-corrected chi connectivity index (χ4v) is 12.6. The number of non-ortho nitro benzene ring substituents is 1. The molecule has 0 amide bonds. The van der Waals surface area contributed by atoms with Gasteiger partial charge in [-0.05, 0) is 84.9 Å². The molecule has 8 aliphatic rings. The average molecular weight is 1640 g/mol. The zero-order valence-electron chi connectivity index (χ0n) is 61.1. The van der Waals surface area contributed by atoms with Crippen molar-refractivity contribution >= 4 is 127 Å². The molecule has 118 heavy (non-hydrogen) atoms. The lowest BCUT2D eigenvalue weighted by atomic mass is 10.1. The quantitative estimate of drug-likeness (QED) is 0.0261. The second-order valence-corrected chi connectivity index (χ2v) is 25.4. The number of aliphatic hydroxyl groups is 8. The Labute approximate surface area is 672 Å². The first-order valence-electron chi connectivity index (χ1n) is 33.3. The molecule has 33 nitrogen and oxygen atoms in total. The fraction of sp³-hybridized carbons (Fsp3) is 0.0602. The molecule has 0 fully saturated rings. The topological polar surface area (TPSA) is 535 Å². The molecular weight excluding hydrogens is 1590 g/mol. The van der Waals surface area contributed by atoms with Crippen LogP contribution < -0.4 is 19.1 Å². The van der Waals surface area contributed by atoms with E-state index in [1.165, 1.54) is 88.5 Å². The number of aliphatic hydroxyl groups excluding tert-OH is 8. The zero-order valence-corrected chi connectivity index (χ0v) is 62.6. The summed E-state index contributed by atoms with van der Waals surface area (Å²) < 4.78 is 15.1. The van der Waals surface area contributed by atoms with Crippen LogP contribution in [0.3, 0.4) is 0 Å². The number of carbonyl (C=O) groups is 16. The molecule has 6 aromatic carbocycles. The summed E-state index contributed by atoms with van der Waals surface area (Å²) in [5.41, 5.74) is 2.36. The van der Waals surface area contributed by atoms with E-state index in [4.69, 9.17) is 78.3 Å². The van der Waals surface area contributed by atoms with Gasteiger partial charge in [-0.1, -0.05) is 47.5 Å². The van der Waals surface area contributed by atoms with Crippen LogP contribution in [0.1, 0.15) is 166 Å². The molecule has 0 bridgehead atoms. The number of Topliss-reactive ketones (excluding diaryl/α,β-unsaturated/α-hetero) is 16. The first kappa shape index (κ1) is 85.8. The van der Waals surface area contributed by atoms with E-state index in [9.17, 15) is 86.8 Å². The van der Waals surface area contributed by atoms with Crippen LogP contribution >= 0.6 is 23.2 Å². The molecule has 8 aromatic rings. The van der Waals surface area contributed by atoms with Gasteiger partial charge in [-0.15, -0.1) is 0 Å². The van der Waals surface area contributed by atoms with Crippen LogP contribution in [-0.4, -0.2) is 184 Å². The Kier molecular flexibility index (Phi) is 26.3. The molecule has 594 valence electrons. The van der Waals surface area contributed by atoms with Crippen LogP contribution in [0.2, 0.25) is 10.0 Å². The third-order valence-corrected chi connectivity index (χ3v) is 18.4. The van der Waals surface area contributed by atoms with Crippen molar-refractivity contribution in [2.75, 3.05) is 40.3 Å². The van der Waals surface area contributed by atoms with Gasteiger partial charge < -0.3 is 60.0 Å². The van der Waals surface area contributed by atoms with Gasteiger partial charge in [0, 0.05) is 117 Å². The van der Waals surface area contributed by atoms with Gasteiger partial charge in [-0.2, -0.15) is 0 Å². The Hall–Kier alpha value is -16.2. The van der Waals surface area contributed by atoms with Gasteiger partial charge in [0.2, 0.25) is 92.5 Å². The molecule has 0 saturated carbocycles. The molecule has 0 unspecified atom stereocenters. The molecule has 0 spiro atoms. The summed E-state index contributed by atoms with van der Waals surface area (Å²) in [6.45, 7) is 0. The molecular formula is C83H54Cl2N4O29. The van der Waals surface area contributed by atoms with Gasteiger partial charge in [0.25, 0.3) is 5.69 Å². The minimum absolute atomic E-state index is 0.0421. The Morgan fingerprint density at radius 3 is 1.19 bits per heavy atom. The highest BCUT2D eigenvalue weighted by Crippen LogP contribution is 2.41. The average Bonchev–Trinajstić information content (AvgIpc) is 1.46. The van der Waals surface area contributed by atoms with E-state index in [-0.39, 0.29) is 122 Å². The van der Waals surface area contributed by atoms with Gasteiger partial charge in [0.15, 0.2) is 11.5 Å². The maximum absolute atomic E-state index is 11.9. The molecule has 0 radical (unpaired) electrons. The summed E-state index contributed by atoms with van der Waals surface area (Å²) in [4.78, 5) is 204. The maximum atomic E-state index is 11.9. The number of nitro benzene ring substituents is 1. The van der Waals surface area contributed by atoms with Crippen molar-refractivity contribution in [3.05, 3.63) is 344 Å². The lowest BCUT2D eigenvalue weighted by Crippen LogP contribution is -2.09. The summed E-state index contributed by atoms with van der Waals surface area (Å²) in [6, 6.07) is 29.9. The highest BCUT2D eigenvalue weighted by atomic mass is 35.5. The fourth-order valence-electron chi connectivity index (χ4n) is 12.1. The molecule has 35 heteroatoms. The third-order valence-electron chi connectivity index (χ3n) is 17.9. The number of nitrogens with zero attached hydrogens (tertiary/aromatic N) is 4. The number of allylic oxidation sites excluding steroid dienone is 8. The second kappa shape index (κ2) is 36.1. The number of hydrogen-bond acceptors (Lipinski definition) is 32. The summed E-state index contributed by atoms with van der Waals surface area (Å²) >= 11 is 11.5. The van der Waals surface area contributed by atoms with Crippen molar-refractivity contribution in [2.24, 2.45) is 0 Å². The lowest BCUT2D eigenvalue weighted by molar-refractivity contribution is -0.384. The molecule has 8 aliphatic carbocycles. The number of methoxy groups -OCH3 is 3. The summed E-state index contributed by atoms with van der Waals surface area (Å²) in [6.07, 6.45) is 8.43. The van der Waals surface area contributed by atoms with E-state index in [0.29, 0.717) is 95.0 Å². The maximum Gasteiger partial charge on any atom is 0.270 e. The smallest absolute Gasteiger partial charge is 0.270 e. The molecule has 2 heterocycles. The van der Waals surface area contributed by atoms with Gasteiger partial charge in [0.05, 0.1) is 104 Å². The van der Waals surface area contributed by atoms with E-state index >= 15 is 0 Å². The number of aromatic nitrogens is 2. The number of rotatable bonds is 5. The number of carbonyl (C=O) groups excluding carboxylic acids is 16.